The van der Waals surface area contributed by atoms with Crippen LogP contribution in [0.25, 0.3) is 10.9 Å². The molecule has 3 aromatic rings. The highest BCUT2D eigenvalue weighted by molar-refractivity contribution is 5.92. The van der Waals surface area contributed by atoms with Gasteiger partial charge in [0.1, 0.15) is 5.75 Å². The number of nitrogens with zero attached hydrogens (tertiary/aromatic N) is 3. The van der Waals surface area contributed by atoms with E-state index in [1.807, 2.05) is 31.6 Å². The van der Waals surface area contributed by atoms with Crippen LogP contribution in [0.4, 0.5) is 5.69 Å². The molecule has 1 N–H and O–H groups in total. The molecule has 0 aliphatic carbocycles. The fraction of sp³-hybridized carbons (Fsp3) is 0.294. The molecule has 5 heteroatoms. The van der Waals surface area contributed by atoms with E-state index in [9.17, 15) is 0 Å². The molecule has 0 saturated heterocycles. The summed E-state index contributed by atoms with van der Waals surface area (Å²) in [5, 5.41) is 4.63. The summed E-state index contributed by atoms with van der Waals surface area (Å²) in [5.74, 6) is 0.830. The number of imidazole rings is 1. The number of pyridine rings is 1. The molecule has 22 heavy (non-hydrogen) atoms. The molecule has 2 heterocycles. The van der Waals surface area contributed by atoms with Crippen LogP contribution in [-0.2, 0) is 6.54 Å². The molecule has 2 aromatic heterocycles. The zero-order chi connectivity index (χ0) is 15.4. The largest absolute Gasteiger partial charge is 0.497 e. The molecule has 0 bridgehead atoms. The van der Waals surface area contributed by atoms with Crippen LogP contribution in [0.1, 0.15) is 12.1 Å². The van der Waals surface area contributed by atoms with Gasteiger partial charge in [-0.15, -0.1) is 0 Å². The molecule has 0 spiro atoms. The van der Waals surface area contributed by atoms with Gasteiger partial charge in [0.25, 0.3) is 0 Å². The average Bonchev–Trinajstić information content (AvgIpc) is 3.04. The van der Waals surface area contributed by atoms with Crippen molar-refractivity contribution >= 4 is 16.6 Å². The van der Waals surface area contributed by atoms with Gasteiger partial charge in [-0.3, -0.25) is 4.98 Å². The van der Waals surface area contributed by atoms with Gasteiger partial charge >= 0.3 is 0 Å². The lowest BCUT2D eigenvalue weighted by Crippen LogP contribution is -2.06. The number of aromatic nitrogens is 3. The molecule has 0 amide bonds. The van der Waals surface area contributed by atoms with E-state index in [1.165, 1.54) is 0 Å². The molecule has 0 aliphatic heterocycles. The summed E-state index contributed by atoms with van der Waals surface area (Å²) in [5.41, 5.74) is 3.07. The summed E-state index contributed by atoms with van der Waals surface area (Å²) in [6.45, 7) is 3.88. The first-order chi connectivity index (χ1) is 10.8. The fourth-order valence-electron chi connectivity index (χ4n) is 2.52. The zero-order valence-corrected chi connectivity index (χ0v) is 12.9. The Balaban J connectivity index is 1.72. The van der Waals surface area contributed by atoms with Gasteiger partial charge in [0.05, 0.1) is 19.0 Å². The molecule has 0 atom stereocenters. The third-order valence-electron chi connectivity index (χ3n) is 3.61. The van der Waals surface area contributed by atoms with Crippen LogP contribution in [0.2, 0.25) is 0 Å². The van der Waals surface area contributed by atoms with E-state index in [1.54, 1.807) is 13.3 Å². The van der Waals surface area contributed by atoms with Gasteiger partial charge in [0, 0.05) is 48.3 Å². The highest BCUT2D eigenvalue weighted by atomic mass is 16.5. The van der Waals surface area contributed by atoms with Crippen LogP contribution in [0.5, 0.6) is 5.75 Å². The Morgan fingerprint density at radius 1 is 1.27 bits per heavy atom. The zero-order valence-electron chi connectivity index (χ0n) is 12.9. The van der Waals surface area contributed by atoms with Gasteiger partial charge in [-0.05, 0) is 31.5 Å². The minimum atomic E-state index is 0.830. The highest BCUT2D eigenvalue weighted by Gasteiger charge is 2.05. The van der Waals surface area contributed by atoms with Crippen LogP contribution in [-0.4, -0.2) is 28.2 Å². The Bertz CT molecular complexity index is 753. The molecular weight excluding hydrogens is 276 g/mol. The number of ether oxygens (including phenoxy) is 1. The van der Waals surface area contributed by atoms with Gasteiger partial charge in [0.2, 0.25) is 0 Å². The molecule has 0 radical (unpaired) electrons. The van der Waals surface area contributed by atoms with Crippen molar-refractivity contribution in [3.05, 3.63) is 48.7 Å². The first-order valence-corrected chi connectivity index (χ1v) is 7.41. The first kappa shape index (κ1) is 14.4. The van der Waals surface area contributed by atoms with Gasteiger partial charge in [-0.1, -0.05) is 0 Å². The van der Waals surface area contributed by atoms with Crippen molar-refractivity contribution in [3.8, 4) is 5.75 Å². The molecule has 5 nitrogen and oxygen atoms in total. The number of aryl methyl sites for hydroxylation is 2. The minimum absolute atomic E-state index is 0.830. The van der Waals surface area contributed by atoms with Crippen LogP contribution in [0.3, 0.4) is 0 Å². The number of rotatable bonds is 6. The number of anilines is 1. The third kappa shape index (κ3) is 3.19. The van der Waals surface area contributed by atoms with E-state index in [4.69, 9.17) is 4.74 Å². The van der Waals surface area contributed by atoms with Crippen LogP contribution in [0.15, 0.2) is 43.0 Å². The van der Waals surface area contributed by atoms with Gasteiger partial charge in [-0.25, -0.2) is 4.98 Å². The SMILES string of the molecule is COc1ccc2c(NCCCn3ccnc3)cc(C)nc2c1. The van der Waals surface area contributed by atoms with Crippen molar-refractivity contribution in [1.29, 1.82) is 0 Å². The summed E-state index contributed by atoms with van der Waals surface area (Å²) in [7, 11) is 1.67. The molecule has 3 rings (SSSR count). The lowest BCUT2D eigenvalue weighted by molar-refractivity contribution is 0.415. The van der Waals surface area contributed by atoms with E-state index in [0.717, 1.165) is 47.5 Å². The molecule has 0 saturated carbocycles. The minimum Gasteiger partial charge on any atom is -0.497 e. The monoisotopic (exact) mass is 296 g/mol. The van der Waals surface area contributed by atoms with E-state index < -0.39 is 0 Å². The van der Waals surface area contributed by atoms with Crippen molar-refractivity contribution in [1.82, 2.24) is 14.5 Å². The third-order valence-corrected chi connectivity index (χ3v) is 3.61. The Morgan fingerprint density at radius 2 is 2.18 bits per heavy atom. The van der Waals surface area contributed by atoms with E-state index >= 15 is 0 Å². The number of methoxy groups -OCH3 is 1. The molecule has 114 valence electrons. The van der Waals surface area contributed by atoms with Crippen molar-refractivity contribution in [3.63, 3.8) is 0 Å². The van der Waals surface area contributed by atoms with Gasteiger partial charge in [-0.2, -0.15) is 0 Å². The standard InChI is InChI=1S/C17H20N4O/c1-13-10-16(19-6-3-8-21-9-7-18-12-21)15-5-4-14(22-2)11-17(15)20-13/h4-5,7,9-12H,3,6,8H2,1-2H3,(H,19,20). The highest BCUT2D eigenvalue weighted by Crippen LogP contribution is 2.26. The second-order valence-electron chi connectivity index (χ2n) is 5.28. The van der Waals surface area contributed by atoms with Crippen LogP contribution >= 0.6 is 0 Å². The molecule has 0 fully saturated rings. The maximum Gasteiger partial charge on any atom is 0.121 e. The Kier molecular flexibility index (Phi) is 4.23. The van der Waals surface area contributed by atoms with Crippen molar-refractivity contribution < 1.29 is 4.74 Å². The van der Waals surface area contributed by atoms with Gasteiger partial charge in [0.15, 0.2) is 0 Å². The number of hydrogen-bond acceptors (Lipinski definition) is 4. The quantitative estimate of drug-likeness (QED) is 0.709. The van der Waals surface area contributed by atoms with Crippen molar-refractivity contribution in [2.24, 2.45) is 0 Å². The number of fused-ring (bicyclic) bond motifs is 1. The van der Waals surface area contributed by atoms with Gasteiger partial charge < -0.3 is 14.6 Å². The van der Waals surface area contributed by atoms with E-state index in [-0.39, 0.29) is 0 Å². The van der Waals surface area contributed by atoms with Crippen LogP contribution in [0, 0.1) is 6.92 Å². The van der Waals surface area contributed by atoms with Crippen molar-refractivity contribution in [2.75, 3.05) is 19.0 Å². The van der Waals surface area contributed by atoms with E-state index in [0.29, 0.717) is 0 Å². The van der Waals surface area contributed by atoms with Crippen molar-refractivity contribution in [2.45, 2.75) is 19.9 Å². The maximum absolute atomic E-state index is 5.27. The maximum atomic E-state index is 5.27. The predicted octanol–water partition coefficient (Wildman–Crippen LogP) is 3.25. The number of benzene rings is 1. The van der Waals surface area contributed by atoms with E-state index in [2.05, 4.69) is 32.0 Å². The first-order valence-electron chi connectivity index (χ1n) is 7.41. The summed E-state index contributed by atoms with van der Waals surface area (Å²) < 4.78 is 7.36. The summed E-state index contributed by atoms with van der Waals surface area (Å²) in [4.78, 5) is 8.63. The van der Waals surface area contributed by atoms with Crippen LogP contribution < -0.4 is 10.1 Å². The lowest BCUT2D eigenvalue weighted by Gasteiger charge is -2.12. The lowest BCUT2D eigenvalue weighted by atomic mass is 10.1. The Morgan fingerprint density at radius 3 is 2.95 bits per heavy atom. The Hall–Kier alpha value is -2.56. The Labute approximate surface area is 130 Å². The summed E-state index contributed by atoms with van der Waals surface area (Å²) in [6, 6.07) is 8.08. The second-order valence-corrected chi connectivity index (χ2v) is 5.28. The summed E-state index contributed by atoms with van der Waals surface area (Å²) >= 11 is 0. The number of hydrogen-bond donors (Lipinski definition) is 1. The fourth-order valence-corrected chi connectivity index (χ4v) is 2.52. The number of nitrogens with one attached hydrogen (secondary N) is 1. The molecular formula is C17H20N4O. The topological polar surface area (TPSA) is 52.0 Å². The molecule has 0 aliphatic rings. The molecule has 0 unspecified atom stereocenters. The predicted molar refractivity (Wildman–Crippen MR) is 88.4 cm³/mol. The smallest absolute Gasteiger partial charge is 0.121 e. The normalized spacial score (nSPS) is 10.8. The molecule has 1 aromatic carbocycles. The average molecular weight is 296 g/mol. The second kappa shape index (κ2) is 6.47. The summed E-state index contributed by atoms with van der Waals surface area (Å²) in [6.07, 6.45) is 6.67.